The Morgan fingerprint density at radius 2 is 1.90 bits per heavy atom. The maximum atomic E-state index is 5.48. The summed E-state index contributed by atoms with van der Waals surface area (Å²) in [5, 5.41) is 3.55. The molecule has 3 nitrogen and oxygen atoms in total. The van der Waals surface area contributed by atoms with Gasteiger partial charge in [0.2, 0.25) is 0 Å². The molecule has 1 aromatic rings. The van der Waals surface area contributed by atoms with Gasteiger partial charge in [0, 0.05) is 19.1 Å². The van der Waals surface area contributed by atoms with Crippen molar-refractivity contribution in [2.24, 2.45) is 5.92 Å². The summed E-state index contributed by atoms with van der Waals surface area (Å²) >= 11 is 0. The van der Waals surface area contributed by atoms with E-state index in [9.17, 15) is 0 Å². The molecule has 0 aromatic heterocycles. The van der Waals surface area contributed by atoms with E-state index >= 15 is 0 Å². The Morgan fingerprint density at radius 1 is 1.24 bits per heavy atom. The Kier molecular flexibility index (Phi) is 8.09. The number of ether oxygens (including phenoxy) is 1. The standard InChI is InChI=1S/C18H30N2O/c1-6-11-21-18-9-7-16(8-10-18)13-19-14-17(20(4)5)12-15(2)3/h6-10,15,17,19H,1,11-14H2,2-5H3. The second-order valence-corrected chi connectivity index (χ2v) is 6.12. The summed E-state index contributed by atoms with van der Waals surface area (Å²) in [5.41, 5.74) is 1.28. The van der Waals surface area contributed by atoms with E-state index in [-0.39, 0.29) is 0 Å². The summed E-state index contributed by atoms with van der Waals surface area (Å²) in [7, 11) is 4.31. The Morgan fingerprint density at radius 3 is 2.43 bits per heavy atom. The third-order valence-electron chi connectivity index (χ3n) is 3.47. The van der Waals surface area contributed by atoms with Crippen LogP contribution in [-0.4, -0.2) is 38.2 Å². The molecule has 0 fully saturated rings. The van der Waals surface area contributed by atoms with Crippen molar-refractivity contribution < 1.29 is 4.74 Å². The van der Waals surface area contributed by atoms with Crippen molar-refractivity contribution in [1.82, 2.24) is 10.2 Å². The first-order valence-electron chi connectivity index (χ1n) is 7.72. The van der Waals surface area contributed by atoms with Crippen molar-refractivity contribution in [2.45, 2.75) is 32.9 Å². The lowest BCUT2D eigenvalue weighted by atomic mass is 10.0. The van der Waals surface area contributed by atoms with Crippen LogP contribution in [0.15, 0.2) is 36.9 Å². The van der Waals surface area contributed by atoms with Crippen molar-refractivity contribution in [3.63, 3.8) is 0 Å². The molecule has 0 saturated heterocycles. The van der Waals surface area contributed by atoms with Crippen molar-refractivity contribution in [2.75, 3.05) is 27.2 Å². The van der Waals surface area contributed by atoms with Crippen molar-refractivity contribution >= 4 is 0 Å². The molecule has 1 aromatic carbocycles. The molecule has 1 N–H and O–H groups in total. The van der Waals surface area contributed by atoms with Crippen LogP contribution in [0, 0.1) is 5.92 Å². The highest BCUT2D eigenvalue weighted by Gasteiger charge is 2.12. The van der Waals surface area contributed by atoms with Gasteiger partial charge in [-0.3, -0.25) is 0 Å². The first kappa shape index (κ1) is 17.7. The fourth-order valence-corrected chi connectivity index (χ4v) is 2.26. The number of benzene rings is 1. The van der Waals surface area contributed by atoms with Gasteiger partial charge < -0.3 is 15.0 Å². The molecule has 1 atom stereocenters. The molecular formula is C18H30N2O. The summed E-state index contributed by atoms with van der Waals surface area (Å²) < 4.78 is 5.48. The molecule has 3 heteroatoms. The average Bonchev–Trinajstić information content (AvgIpc) is 2.44. The minimum Gasteiger partial charge on any atom is -0.490 e. The van der Waals surface area contributed by atoms with Gasteiger partial charge in [-0.05, 0) is 44.1 Å². The third kappa shape index (κ3) is 7.30. The zero-order valence-corrected chi connectivity index (χ0v) is 13.9. The quantitative estimate of drug-likeness (QED) is 0.669. The lowest BCUT2D eigenvalue weighted by molar-refractivity contribution is 0.246. The summed E-state index contributed by atoms with van der Waals surface area (Å²) in [6.07, 6.45) is 2.97. The molecule has 0 aliphatic heterocycles. The molecule has 0 spiro atoms. The molecule has 0 saturated carbocycles. The molecular weight excluding hydrogens is 260 g/mol. The average molecular weight is 290 g/mol. The monoisotopic (exact) mass is 290 g/mol. The van der Waals surface area contributed by atoms with Gasteiger partial charge in [-0.1, -0.05) is 38.6 Å². The van der Waals surface area contributed by atoms with Gasteiger partial charge in [-0.2, -0.15) is 0 Å². The Hall–Kier alpha value is -1.32. The predicted molar refractivity (Wildman–Crippen MR) is 90.8 cm³/mol. The topological polar surface area (TPSA) is 24.5 Å². The van der Waals surface area contributed by atoms with E-state index < -0.39 is 0 Å². The van der Waals surface area contributed by atoms with Crippen LogP contribution in [0.4, 0.5) is 0 Å². The third-order valence-corrected chi connectivity index (χ3v) is 3.47. The van der Waals surface area contributed by atoms with Crippen LogP contribution in [0.2, 0.25) is 0 Å². The van der Waals surface area contributed by atoms with Gasteiger partial charge in [0.05, 0.1) is 0 Å². The van der Waals surface area contributed by atoms with E-state index in [1.54, 1.807) is 6.08 Å². The molecule has 0 aliphatic rings. The van der Waals surface area contributed by atoms with Gasteiger partial charge in [-0.15, -0.1) is 0 Å². The number of nitrogens with one attached hydrogen (secondary N) is 1. The van der Waals surface area contributed by atoms with Gasteiger partial charge >= 0.3 is 0 Å². The Labute approximate surface area is 130 Å². The van der Waals surface area contributed by atoms with Gasteiger partial charge in [0.1, 0.15) is 12.4 Å². The van der Waals surface area contributed by atoms with Crippen molar-refractivity contribution in [3.8, 4) is 5.75 Å². The van der Waals surface area contributed by atoms with Crippen molar-refractivity contribution in [1.29, 1.82) is 0 Å². The zero-order valence-electron chi connectivity index (χ0n) is 13.9. The summed E-state index contributed by atoms with van der Waals surface area (Å²) in [5.74, 6) is 1.62. The summed E-state index contributed by atoms with van der Waals surface area (Å²) in [4.78, 5) is 2.30. The lowest BCUT2D eigenvalue weighted by Crippen LogP contribution is -2.38. The smallest absolute Gasteiger partial charge is 0.119 e. The van der Waals surface area contributed by atoms with Crippen LogP contribution in [0.25, 0.3) is 0 Å². The van der Waals surface area contributed by atoms with Crippen molar-refractivity contribution in [3.05, 3.63) is 42.5 Å². The fraction of sp³-hybridized carbons (Fsp3) is 0.556. The fourth-order valence-electron chi connectivity index (χ4n) is 2.26. The zero-order chi connectivity index (χ0) is 15.7. The largest absolute Gasteiger partial charge is 0.490 e. The number of rotatable bonds is 10. The van der Waals surface area contributed by atoms with E-state index in [1.807, 2.05) is 12.1 Å². The lowest BCUT2D eigenvalue weighted by Gasteiger charge is -2.26. The highest BCUT2D eigenvalue weighted by molar-refractivity contribution is 5.27. The highest BCUT2D eigenvalue weighted by atomic mass is 16.5. The molecule has 1 unspecified atom stereocenters. The van der Waals surface area contributed by atoms with E-state index in [4.69, 9.17) is 4.74 Å². The Bertz CT molecular complexity index is 398. The second kappa shape index (κ2) is 9.59. The van der Waals surface area contributed by atoms with Gasteiger partial charge in [0.25, 0.3) is 0 Å². The van der Waals surface area contributed by atoms with Crippen LogP contribution >= 0.6 is 0 Å². The van der Waals surface area contributed by atoms with Crippen LogP contribution < -0.4 is 10.1 Å². The summed E-state index contributed by atoms with van der Waals surface area (Å²) in [6, 6.07) is 8.83. The predicted octanol–water partition coefficient (Wildman–Crippen LogP) is 3.32. The Balaban J connectivity index is 2.38. The first-order chi connectivity index (χ1) is 10.0. The normalized spacial score (nSPS) is 12.7. The molecule has 1 rings (SSSR count). The molecule has 0 amide bonds. The van der Waals surface area contributed by atoms with E-state index in [1.165, 1.54) is 12.0 Å². The molecule has 0 heterocycles. The maximum absolute atomic E-state index is 5.48. The van der Waals surface area contributed by atoms with Crippen LogP contribution in [0.5, 0.6) is 5.75 Å². The molecule has 0 radical (unpaired) electrons. The van der Waals surface area contributed by atoms with Crippen LogP contribution in [0.3, 0.4) is 0 Å². The SMILES string of the molecule is C=CCOc1ccc(CNCC(CC(C)C)N(C)C)cc1. The number of likely N-dealkylation sites (N-methyl/N-ethyl adjacent to an activating group) is 1. The minimum absolute atomic E-state index is 0.553. The van der Waals surface area contributed by atoms with Crippen LogP contribution in [-0.2, 0) is 6.54 Å². The molecule has 21 heavy (non-hydrogen) atoms. The number of hydrogen-bond acceptors (Lipinski definition) is 3. The maximum Gasteiger partial charge on any atom is 0.119 e. The molecule has 118 valence electrons. The van der Waals surface area contributed by atoms with E-state index in [0.29, 0.717) is 12.6 Å². The number of hydrogen-bond donors (Lipinski definition) is 1. The minimum atomic E-state index is 0.553. The van der Waals surface area contributed by atoms with E-state index in [0.717, 1.165) is 24.8 Å². The van der Waals surface area contributed by atoms with Gasteiger partial charge in [0.15, 0.2) is 0 Å². The van der Waals surface area contributed by atoms with E-state index in [2.05, 4.69) is 56.9 Å². The highest BCUT2D eigenvalue weighted by Crippen LogP contribution is 2.12. The van der Waals surface area contributed by atoms with Crippen LogP contribution in [0.1, 0.15) is 25.8 Å². The first-order valence-corrected chi connectivity index (χ1v) is 7.72. The molecule has 0 bridgehead atoms. The summed E-state index contributed by atoms with van der Waals surface area (Å²) in [6.45, 7) is 10.7. The number of nitrogens with zero attached hydrogens (tertiary/aromatic N) is 1. The van der Waals surface area contributed by atoms with Gasteiger partial charge in [-0.25, -0.2) is 0 Å². The molecule has 0 aliphatic carbocycles. The second-order valence-electron chi connectivity index (χ2n) is 6.12.